The first kappa shape index (κ1) is 28.3. The first-order chi connectivity index (χ1) is 15.4. The zero-order valence-electron chi connectivity index (χ0n) is 22.9. The largest absolute Gasteiger partial charge is 0.481 e. The quantitative estimate of drug-likeness (QED) is 0.178. The van der Waals surface area contributed by atoms with Crippen LogP contribution in [-0.4, -0.2) is 85.7 Å². The third-order valence-electron chi connectivity index (χ3n) is 7.41. The lowest BCUT2D eigenvalue weighted by atomic mass is 9.75. The summed E-state index contributed by atoms with van der Waals surface area (Å²) < 4.78 is 17.9. The van der Waals surface area contributed by atoms with E-state index in [0.717, 1.165) is 6.42 Å². The number of rotatable bonds is 6. The van der Waals surface area contributed by atoms with Gasteiger partial charge in [-0.15, -0.1) is 5.10 Å². The molecule has 9 nitrogen and oxygen atoms in total. The molecule has 2 aliphatic heterocycles. The molecule has 34 heavy (non-hydrogen) atoms. The number of β-lactam (4-membered cyclic amide) rings is 1. The van der Waals surface area contributed by atoms with Gasteiger partial charge in [0, 0.05) is 13.3 Å². The first-order valence-electron chi connectivity index (χ1n) is 12.0. The highest BCUT2D eigenvalue weighted by Gasteiger charge is 2.68. The van der Waals surface area contributed by atoms with Crippen LogP contribution in [0.15, 0.2) is 10.2 Å². The molecule has 0 aromatic rings. The van der Waals surface area contributed by atoms with E-state index in [9.17, 15) is 9.59 Å². The van der Waals surface area contributed by atoms with E-state index in [2.05, 4.69) is 50.8 Å². The summed E-state index contributed by atoms with van der Waals surface area (Å²) in [5, 5.41) is 7.74. The summed E-state index contributed by atoms with van der Waals surface area (Å²) in [4.78, 5) is 30.2. The van der Waals surface area contributed by atoms with E-state index >= 15 is 0 Å². The van der Waals surface area contributed by atoms with E-state index in [-0.39, 0.29) is 22.9 Å². The number of methoxy groups -OCH3 is 1. The van der Waals surface area contributed by atoms with Gasteiger partial charge >= 0.3 is 6.09 Å². The Morgan fingerprint density at radius 2 is 1.82 bits per heavy atom. The van der Waals surface area contributed by atoms with Gasteiger partial charge in [0.25, 0.3) is 5.91 Å². The zero-order chi connectivity index (χ0) is 26.3. The molecule has 2 heterocycles. The lowest BCUT2D eigenvalue weighted by molar-refractivity contribution is -0.177. The van der Waals surface area contributed by atoms with Gasteiger partial charge in [0.1, 0.15) is 17.2 Å². The number of carbonyl (C=O) groups is 2. The zero-order valence-corrected chi connectivity index (χ0v) is 23.9. The second kappa shape index (κ2) is 9.60. The van der Waals surface area contributed by atoms with E-state index in [1.165, 1.54) is 7.11 Å². The molecular weight excluding hydrogens is 452 g/mol. The second-order valence-corrected chi connectivity index (χ2v) is 16.6. The van der Waals surface area contributed by atoms with Crippen molar-refractivity contribution in [3.05, 3.63) is 0 Å². The van der Waals surface area contributed by atoms with Crippen molar-refractivity contribution >= 4 is 32.9 Å². The molecule has 1 spiro atoms. The van der Waals surface area contributed by atoms with Crippen LogP contribution in [0.1, 0.15) is 68.2 Å². The Kier molecular flexibility index (Phi) is 7.99. The van der Waals surface area contributed by atoms with Crippen LogP contribution in [0.4, 0.5) is 4.79 Å². The van der Waals surface area contributed by atoms with Crippen LogP contribution in [0.5, 0.6) is 0 Å². The lowest BCUT2D eigenvalue weighted by Gasteiger charge is -2.59. The highest BCUT2D eigenvalue weighted by Crippen LogP contribution is 2.47. The second-order valence-electron chi connectivity index (χ2n) is 11.9. The van der Waals surface area contributed by atoms with E-state index in [1.54, 1.807) is 9.80 Å². The topological polar surface area (TPSA) is 93.0 Å². The van der Waals surface area contributed by atoms with Crippen LogP contribution in [0, 0.1) is 0 Å². The summed E-state index contributed by atoms with van der Waals surface area (Å²) in [5.41, 5.74) is -1.58. The summed E-state index contributed by atoms with van der Waals surface area (Å²) in [6, 6.07) is -0.880. The van der Waals surface area contributed by atoms with Crippen molar-refractivity contribution in [2.75, 3.05) is 13.7 Å². The fraction of sp³-hybridized carbons (Fsp3) is 0.833. The summed E-state index contributed by atoms with van der Waals surface area (Å²) in [5.74, 6) is 0.117. The minimum atomic E-state index is -2.17. The number of hydrogen-bond donors (Lipinski definition) is 0. The van der Waals surface area contributed by atoms with Crippen molar-refractivity contribution in [2.45, 2.75) is 116 Å². The van der Waals surface area contributed by atoms with Crippen LogP contribution in [0.3, 0.4) is 0 Å². The van der Waals surface area contributed by atoms with Crippen molar-refractivity contribution in [3.8, 4) is 0 Å². The van der Waals surface area contributed by atoms with Gasteiger partial charge in [-0.25, -0.2) is 4.79 Å². The number of hydrogen-bond acceptors (Lipinski definition) is 7. The minimum absolute atomic E-state index is 0.0162. The van der Waals surface area contributed by atoms with Gasteiger partial charge in [0.15, 0.2) is 8.32 Å². The molecular formula is C24H44N4O5Si. The minimum Gasteiger partial charge on any atom is -0.481 e. The Balaban J connectivity index is 2.42. The molecule has 194 valence electrons. The van der Waals surface area contributed by atoms with Gasteiger partial charge in [-0.1, -0.05) is 20.8 Å². The van der Waals surface area contributed by atoms with Gasteiger partial charge in [-0.3, -0.25) is 9.69 Å². The number of ether oxygens (including phenoxy) is 2. The summed E-state index contributed by atoms with van der Waals surface area (Å²) >= 11 is 0. The van der Waals surface area contributed by atoms with Gasteiger partial charge < -0.3 is 18.8 Å². The Morgan fingerprint density at radius 3 is 2.26 bits per heavy atom. The maximum atomic E-state index is 13.9. The molecule has 2 saturated heterocycles. The first-order valence-corrected chi connectivity index (χ1v) is 14.9. The Bertz CT molecular complexity index is 832. The Hall–Kier alpha value is -1.94. The SMILES string of the molecule is C=N/N=C(\OC)C([C@@H](C)O[Si](C)(C)C(C)(C)C)N1C(=O)C2(CCCN2C(=O)OC(C)(C)C)C1C. The van der Waals surface area contributed by atoms with Crippen molar-refractivity contribution in [1.29, 1.82) is 0 Å². The molecule has 0 N–H and O–H groups in total. The number of likely N-dealkylation sites (tertiary alicyclic amines) is 2. The van der Waals surface area contributed by atoms with Gasteiger partial charge in [-0.05, 0) is 65.6 Å². The molecule has 0 aromatic heterocycles. The third-order valence-corrected chi connectivity index (χ3v) is 12.0. The molecule has 4 atom stereocenters. The smallest absolute Gasteiger partial charge is 0.411 e. The van der Waals surface area contributed by atoms with E-state index in [4.69, 9.17) is 13.9 Å². The van der Waals surface area contributed by atoms with Gasteiger partial charge in [0.2, 0.25) is 5.90 Å². The van der Waals surface area contributed by atoms with Crippen LogP contribution in [0.2, 0.25) is 18.1 Å². The molecule has 0 radical (unpaired) electrons. The van der Waals surface area contributed by atoms with Crippen molar-refractivity contribution < 1.29 is 23.5 Å². The maximum absolute atomic E-state index is 13.9. The van der Waals surface area contributed by atoms with Crippen molar-refractivity contribution in [2.24, 2.45) is 10.2 Å². The maximum Gasteiger partial charge on any atom is 0.411 e. The van der Waals surface area contributed by atoms with Crippen LogP contribution >= 0.6 is 0 Å². The van der Waals surface area contributed by atoms with Gasteiger partial charge in [0.05, 0.1) is 19.3 Å². The van der Waals surface area contributed by atoms with Crippen LogP contribution in [0.25, 0.3) is 0 Å². The average molecular weight is 497 g/mol. The summed E-state index contributed by atoms with van der Waals surface area (Å²) in [6.45, 7) is 24.2. The molecule has 0 aliphatic carbocycles. The predicted octanol–water partition coefficient (Wildman–Crippen LogP) is 4.43. The highest BCUT2D eigenvalue weighted by atomic mass is 28.4. The fourth-order valence-corrected chi connectivity index (χ4v) is 6.13. The molecule has 0 aromatic carbocycles. The molecule has 2 aliphatic rings. The molecule has 0 saturated carbocycles. The number of carbonyl (C=O) groups excluding carboxylic acids is 2. The highest BCUT2D eigenvalue weighted by molar-refractivity contribution is 6.74. The fourth-order valence-electron chi connectivity index (χ4n) is 4.72. The third kappa shape index (κ3) is 5.03. The molecule has 10 heteroatoms. The number of nitrogens with zero attached hydrogens (tertiary/aromatic N) is 4. The predicted molar refractivity (Wildman–Crippen MR) is 137 cm³/mol. The van der Waals surface area contributed by atoms with E-state index in [0.29, 0.717) is 13.0 Å². The Labute approximate surface area is 206 Å². The molecule has 3 unspecified atom stereocenters. The van der Waals surface area contributed by atoms with E-state index < -0.39 is 37.7 Å². The average Bonchev–Trinajstić information content (AvgIpc) is 3.15. The summed E-state index contributed by atoms with van der Waals surface area (Å²) in [7, 11) is -0.665. The number of amides is 2. The van der Waals surface area contributed by atoms with Crippen molar-refractivity contribution in [3.63, 3.8) is 0 Å². The van der Waals surface area contributed by atoms with Crippen LogP contribution < -0.4 is 0 Å². The Morgan fingerprint density at radius 1 is 1.24 bits per heavy atom. The summed E-state index contributed by atoms with van der Waals surface area (Å²) in [6.07, 6.45) is 0.469. The van der Waals surface area contributed by atoms with Gasteiger partial charge in [-0.2, -0.15) is 5.10 Å². The van der Waals surface area contributed by atoms with Crippen LogP contribution in [-0.2, 0) is 18.7 Å². The molecule has 0 bridgehead atoms. The lowest BCUT2D eigenvalue weighted by Crippen LogP contribution is -2.81. The van der Waals surface area contributed by atoms with E-state index in [1.807, 2.05) is 34.6 Å². The normalized spacial score (nSPS) is 25.8. The molecule has 2 fully saturated rings. The molecule has 2 amide bonds. The molecule has 2 rings (SSSR count). The standard InChI is InChI=1S/C24H44N4O5Si/c1-16(33-34(11,12)23(6,7)8)18(19(31-10)26-25-9)28-17(2)24(20(28)29)14-13-15-27(24)21(30)32-22(3,4)5/h16-18H,9,13-15H2,1-8,10-12H3/b26-19-/t16-,17?,18?,24?/m1/s1. The van der Waals surface area contributed by atoms with Crippen molar-refractivity contribution in [1.82, 2.24) is 9.80 Å². The monoisotopic (exact) mass is 496 g/mol.